The van der Waals surface area contributed by atoms with Crippen molar-refractivity contribution < 1.29 is 8.83 Å². The summed E-state index contributed by atoms with van der Waals surface area (Å²) < 4.78 is 19.0. The molecule has 0 aliphatic heterocycles. The molecule has 0 bridgehead atoms. The van der Waals surface area contributed by atoms with E-state index >= 15 is 0 Å². The van der Waals surface area contributed by atoms with Gasteiger partial charge in [-0.1, -0.05) is 170 Å². The van der Waals surface area contributed by atoms with Gasteiger partial charge in [0.1, 0.15) is 22.3 Å². The van der Waals surface area contributed by atoms with Crippen LogP contribution in [0.1, 0.15) is 0 Å². The molecule has 0 unspecified atom stereocenters. The zero-order chi connectivity index (χ0) is 50.6. The number of aromatic nitrogens is 4. The largest absolute Gasteiger partial charge is 0.456 e. The van der Waals surface area contributed by atoms with Crippen LogP contribution in [0.15, 0.2) is 276 Å². The van der Waals surface area contributed by atoms with Gasteiger partial charge in [-0.3, -0.25) is 9.97 Å². The molecule has 0 fully saturated rings. The van der Waals surface area contributed by atoms with Crippen LogP contribution >= 0.6 is 0 Å². The van der Waals surface area contributed by atoms with Crippen molar-refractivity contribution in [2.45, 2.75) is 0 Å². The van der Waals surface area contributed by atoms with Crippen LogP contribution in [0.25, 0.3) is 121 Å². The number of fused-ring (bicyclic) bond motifs is 12. The average molecular weight is 1000 g/mol. The van der Waals surface area contributed by atoms with Gasteiger partial charge in [0.05, 0.1) is 45.8 Å². The number of benzene rings is 10. The molecule has 6 heterocycles. The molecule has 0 atom stereocenters. The highest BCUT2D eigenvalue weighted by Crippen LogP contribution is 2.39. The Labute approximate surface area is 443 Å². The van der Waals surface area contributed by atoms with Crippen molar-refractivity contribution in [2.75, 3.05) is 0 Å². The second-order valence-electron chi connectivity index (χ2n) is 20.0. The quantitative estimate of drug-likeness (QED) is 0.112. The van der Waals surface area contributed by atoms with Gasteiger partial charge in [0.2, 0.25) is 0 Å². The van der Waals surface area contributed by atoms with E-state index in [9.17, 15) is 0 Å². The Morgan fingerprint density at radius 3 is 1.13 bits per heavy atom. The molecule has 6 aromatic heterocycles. The third-order valence-corrected chi connectivity index (χ3v) is 20.8. The molecule has 0 aliphatic rings. The zero-order valence-corrected chi connectivity index (χ0v) is 42.5. The molecule has 0 amide bonds. The van der Waals surface area contributed by atoms with Gasteiger partial charge in [-0.25, -0.2) is 0 Å². The Bertz CT molecular complexity index is 4660. The summed E-state index contributed by atoms with van der Waals surface area (Å²) in [6, 6.07) is 91.3. The molecule has 6 nitrogen and oxygen atoms in total. The van der Waals surface area contributed by atoms with Gasteiger partial charge in [0.25, 0.3) is 0 Å². The lowest BCUT2D eigenvalue weighted by Crippen LogP contribution is -2.75. The number of pyridine rings is 2. The highest BCUT2D eigenvalue weighted by molar-refractivity contribution is 7.21. The normalized spacial score (nSPS) is 12.2. The number of furan rings is 2. The Hall–Kier alpha value is -10.1. The average Bonchev–Trinajstić information content (AvgIpc) is 4.49. The summed E-state index contributed by atoms with van der Waals surface area (Å²) in [6.45, 7) is 0. The summed E-state index contributed by atoms with van der Waals surface area (Å²) in [7, 11) is -3.29. The van der Waals surface area contributed by atoms with Crippen LogP contribution in [0.3, 0.4) is 0 Å². The predicted octanol–water partition coefficient (Wildman–Crippen LogP) is 15.2. The molecular formula is C70H44N4O2Si. The SMILES string of the molecule is c1ccc(-n2c3ccccc3c3cc(-c4ccc5oc6c([Si](c7ccccc7)(c7ccccc7)c7cccc8c7oc7ccc(-c9cc%10c%11ccccc%11n(-c%11ccccc%11)c%10cn9)cc78)cccc6c5c4)ncc32)cc1. The molecule has 16 rings (SSSR count). The first-order valence-electron chi connectivity index (χ1n) is 26.1. The fourth-order valence-corrected chi connectivity index (χ4v) is 17.6. The van der Waals surface area contributed by atoms with Gasteiger partial charge in [-0.15, -0.1) is 0 Å². The van der Waals surface area contributed by atoms with E-state index in [1.54, 1.807) is 0 Å². The van der Waals surface area contributed by atoms with Crippen molar-refractivity contribution in [2.24, 2.45) is 0 Å². The van der Waals surface area contributed by atoms with Crippen LogP contribution < -0.4 is 20.7 Å². The first kappa shape index (κ1) is 43.3. The molecular weight excluding hydrogens is 957 g/mol. The molecule has 77 heavy (non-hydrogen) atoms. The first-order valence-corrected chi connectivity index (χ1v) is 28.1. The predicted molar refractivity (Wildman–Crippen MR) is 320 cm³/mol. The Morgan fingerprint density at radius 1 is 0.299 bits per heavy atom. The molecule has 0 aliphatic carbocycles. The van der Waals surface area contributed by atoms with Crippen LogP contribution in [0, 0.1) is 0 Å². The van der Waals surface area contributed by atoms with Crippen molar-refractivity contribution in [3.63, 3.8) is 0 Å². The van der Waals surface area contributed by atoms with Gasteiger partial charge in [-0.05, 0) is 106 Å². The summed E-state index contributed by atoms with van der Waals surface area (Å²) >= 11 is 0. The number of para-hydroxylation sites is 6. The fourth-order valence-electron chi connectivity index (χ4n) is 12.6. The number of rotatable bonds is 8. The summed E-state index contributed by atoms with van der Waals surface area (Å²) in [4.78, 5) is 10.3. The highest BCUT2D eigenvalue weighted by atomic mass is 28.3. The lowest BCUT2D eigenvalue weighted by molar-refractivity contribution is 0.670. The van der Waals surface area contributed by atoms with Crippen LogP contribution in [0.5, 0.6) is 0 Å². The third-order valence-electron chi connectivity index (χ3n) is 16.0. The molecule has 7 heteroatoms. The van der Waals surface area contributed by atoms with Crippen LogP contribution in [0.2, 0.25) is 0 Å². The maximum Gasteiger partial charge on any atom is 0.188 e. The van der Waals surface area contributed by atoms with E-state index in [-0.39, 0.29) is 0 Å². The van der Waals surface area contributed by atoms with Crippen molar-refractivity contribution in [1.29, 1.82) is 0 Å². The minimum atomic E-state index is -3.29. The monoisotopic (exact) mass is 1000 g/mol. The van der Waals surface area contributed by atoms with Crippen LogP contribution in [-0.4, -0.2) is 27.2 Å². The van der Waals surface area contributed by atoms with E-state index in [0.29, 0.717) is 0 Å². The zero-order valence-electron chi connectivity index (χ0n) is 41.5. The topological polar surface area (TPSA) is 61.9 Å². The molecule has 0 saturated heterocycles. The van der Waals surface area contributed by atoms with Gasteiger partial charge in [0, 0.05) is 65.6 Å². The van der Waals surface area contributed by atoms with Gasteiger partial charge >= 0.3 is 0 Å². The smallest absolute Gasteiger partial charge is 0.188 e. The lowest BCUT2D eigenvalue weighted by Gasteiger charge is -2.34. The number of hydrogen-bond donors (Lipinski definition) is 0. The maximum atomic E-state index is 7.22. The molecule has 0 N–H and O–H groups in total. The van der Waals surface area contributed by atoms with Crippen molar-refractivity contribution >= 4 is 116 Å². The van der Waals surface area contributed by atoms with Gasteiger partial charge in [-0.2, -0.15) is 0 Å². The minimum Gasteiger partial charge on any atom is -0.456 e. The summed E-state index contributed by atoms with van der Waals surface area (Å²) in [5.74, 6) is 0. The van der Waals surface area contributed by atoms with Crippen molar-refractivity contribution in [3.05, 3.63) is 267 Å². The fraction of sp³-hybridized carbons (Fsp3) is 0. The second-order valence-corrected chi connectivity index (χ2v) is 23.8. The van der Waals surface area contributed by atoms with Crippen molar-refractivity contribution in [3.8, 4) is 33.9 Å². The van der Waals surface area contributed by atoms with E-state index < -0.39 is 8.07 Å². The third kappa shape index (κ3) is 6.48. The van der Waals surface area contributed by atoms with E-state index in [4.69, 9.17) is 18.8 Å². The minimum absolute atomic E-state index is 0.827. The van der Waals surface area contributed by atoms with E-state index in [1.807, 2.05) is 12.4 Å². The molecule has 0 spiro atoms. The van der Waals surface area contributed by atoms with Gasteiger partial charge in [0.15, 0.2) is 8.07 Å². The van der Waals surface area contributed by atoms with E-state index in [0.717, 1.165) is 121 Å². The molecule has 0 radical (unpaired) electrons. The second kappa shape index (κ2) is 17.0. The molecule has 360 valence electrons. The van der Waals surface area contributed by atoms with Crippen molar-refractivity contribution in [1.82, 2.24) is 19.1 Å². The summed E-state index contributed by atoms with van der Waals surface area (Å²) in [6.07, 6.45) is 4.05. The molecule has 10 aromatic carbocycles. The number of hydrogen-bond acceptors (Lipinski definition) is 4. The maximum absolute atomic E-state index is 7.22. The summed E-state index contributed by atoms with van der Waals surface area (Å²) in [5.41, 5.74) is 13.9. The molecule has 16 aromatic rings. The van der Waals surface area contributed by atoms with E-state index in [1.165, 1.54) is 21.1 Å². The van der Waals surface area contributed by atoms with Gasteiger partial charge < -0.3 is 18.0 Å². The van der Waals surface area contributed by atoms with Crippen LogP contribution in [0.4, 0.5) is 0 Å². The standard InChI is InChI=1S/C70H44N4O2Si/c1-5-19-47(20-6-1)73-61-31-15-13-27-51(61)55-41-59(71-43-63(55)73)45-35-37-65-57(39-45)53-29-17-33-67(69(53)75-65)77(49-23-9-3-10-24-49,50-25-11-4-12-26-50)68-34-18-30-54-58-40-46(36-38-66(58)76-70(54)68)60-42-56-52-28-14-16-32-62(52)74(64(56)44-72-60)48-21-7-2-8-22-48/h1-44H. The highest BCUT2D eigenvalue weighted by Gasteiger charge is 2.45. The first-order chi connectivity index (χ1) is 38.2. The Morgan fingerprint density at radius 2 is 0.688 bits per heavy atom. The lowest BCUT2D eigenvalue weighted by atomic mass is 10.0. The van der Waals surface area contributed by atoms with E-state index in [2.05, 4.69) is 264 Å². The Balaban J connectivity index is 0.878. The number of nitrogens with zero attached hydrogens (tertiary/aromatic N) is 4. The van der Waals surface area contributed by atoms with Crippen LogP contribution in [-0.2, 0) is 0 Å². The summed E-state index contributed by atoms with van der Waals surface area (Å²) in [5, 5.41) is 13.7. The molecule has 0 saturated carbocycles. The Kier molecular flexibility index (Phi) is 9.55.